The van der Waals surface area contributed by atoms with E-state index in [0.29, 0.717) is 11.6 Å². The molecule has 0 aromatic heterocycles. The van der Waals surface area contributed by atoms with Gasteiger partial charge in [-0.3, -0.25) is 4.79 Å². The van der Waals surface area contributed by atoms with Gasteiger partial charge in [0.05, 0.1) is 7.11 Å². The molecule has 1 aromatic rings. The van der Waals surface area contributed by atoms with Crippen molar-refractivity contribution in [2.24, 2.45) is 0 Å². The van der Waals surface area contributed by atoms with E-state index in [9.17, 15) is 4.79 Å². The summed E-state index contributed by atoms with van der Waals surface area (Å²) < 4.78 is 5.21. The third kappa shape index (κ3) is 6.64. The average Bonchev–Trinajstić information content (AvgIpc) is 2.57. The Bertz CT molecular complexity index is 460. The molecular formula is C20H31NO2. The first kappa shape index (κ1) is 17.8. The van der Waals surface area contributed by atoms with Gasteiger partial charge in [0.2, 0.25) is 0 Å². The predicted octanol–water partition coefficient (Wildman–Crippen LogP) is 5.10. The molecule has 0 bridgehead atoms. The molecule has 3 heteroatoms. The minimum atomic E-state index is 0.0287. The summed E-state index contributed by atoms with van der Waals surface area (Å²) >= 11 is 0. The molecule has 0 heterocycles. The molecule has 1 amide bonds. The summed E-state index contributed by atoms with van der Waals surface area (Å²) in [5.41, 5.74) is 0.690. The predicted molar refractivity (Wildman–Crippen MR) is 95.0 cm³/mol. The van der Waals surface area contributed by atoms with Crippen LogP contribution in [-0.4, -0.2) is 19.1 Å². The molecule has 1 saturated carbocycles. The lowest BCUT2D eigenvalue weighted by molar-refractivity contribution is 0.0931. The van der Waals surface area contributed by atoms with Crippen LogP contribution in [0.5, 0.6) is 5.75 Å². The topological polar surface area (TPSA) is 38.3 Å². The zero-order valence-corrected chi connectivity index (χ0v) is 14.5. The summed E-state index contributed by atoms with van der Waals surface area (Å²) in [6.07, 6.45) is 14.1. The number of rotatable bonds is 3. The van der Waals surface area contributed by atoms with Gasteiger partial charge in [0.15, 0.2) is 0 Å². The van der Waals surface area contributed by atoms with Crippen LogP contribution in [0, 0.1) is 0 Å². The van der Waals surface area contributed by atoms with Gasteiger partial charge in [0.25, 0.3) is 5.91 Å². The van der Waals surface area contributed by atoms with Gasteiger partial charge in [-0.05, 0) is 31.0 Å². The number of carbonyl (C=O) groups excluding carboxylic acids is 1. The molecule has 1 aromatic carbocycles. The molecule has 3 nitrogen and oxygen atoms in total. The summed E-state index contributed by atoms with van der Waals surface area (Å²) in [6, 6.07) is 7.72. The number of methoxy groups -OCH3 is 1. The summed E-state index contributed by atoms with van der Waals surface area (Å²) in [5.74, 6) is 0.761. The van der Waals surface area contributed by atoms with Crippen LogP contribution in [0.2, 0.25) is 0 Å². The van der Waals surface area contributed by atoms with E-state index in [1.165, 1.54) is 57.8 Å². The summed E-state index contributed by atoms with van der Waals surface area (Å²) in [6.45, 7) is 0. The molecule has 1 N–H and O–H groups in total. The Morgan fingerprint density at radius 1 is 0.957 bits per heavy atom. The van der Waals surface area contributed by atoms with Crippen LogP contribution in [0.4, 0.5) is 0 Å². The Balaban J connectivity index is 1.89. The highest BCUT2D eigenvalue weighted by atomic mass is 16.5. The Morgan fingerprint density at radius 3 is 2.09 bits per heavy atom. The molecule has 0 atom stereocenters. The van der Waals surface area contributed by atoms with Gasteiger partial charge in [0, 0.05) is 11.6 Å². The Morgan fingerprint density at radius 2 is 1.52 bits per heavy atom. The largest absolute Gasteiger partial charge is 0.497 e. The van der Waals surface area contributed by atoms with E-state index < -0.39 is 0 Å². The Kier molecular flexibility index (Phi) is 7.99. The van der Waals surface area contributed by atoms with E-state index in [0.717, 1.165) is 18.6 Å². The van der Waals surface area contributed by atoms with Crippen molar-refractivity contribution in [3.63, 3.8) is 0 Å². The maximum atomic E-state index is 12.5. The number of nitrogens with one attached hydrogen (secondary N) is 1. The third-order valence-electron chi connectivity index (χ3n) is 4.77. The molecule has 1 fully saturated rings. The minimum absolute atomic E-state index is 0.0287. The normalized spacial score (nSPS) is 18.5. The number of amides is 1. The van der Waals surface area contributed by atoms with Crippen LogP contribution in [0.3, 0.4) is 0 Å². The summed E-state index contributed by atoms with van der Waals surface area (Å²) in [7, 11) is 1.63. The lowest BCUT2D eigenvalue weighted by atomic mass is 9.97. The number of benzene rings is 1. The van der Waals surface area contributed by atoms with E-state index in [1.807, 2.05) is 24.3 Å². The second-order valence-electron chi connectivity index (χ2n) is 6.66. The molecule has 2 rings (SSSR count). The smallest absolute Gasteiger partial charge is 0.251 e. The van der Waals surface area contributed by atoms with Crippen LogP contribution in [-0.2, 0) is 0 Å². The first-order valence-electron chi connectivity index (χ1n) is 9.24. The van der Waals surface area contributed by atoms with Crippen molar-refractivity contribution in [2.75, 3.05) is 7.11 Å². The molecule has 1 aliphatic carbocycles. The Labute approximate surface area is 140 Å². The second kappa shape index (κ2) is 10.3. The Hall–Kier alpha value is -1.51. The van der Waals surface area contributed by atoms with Gasteiger partial charge in [-0.15, -0.1) is 0 Å². The van der Waals surface area contributed by atoms with E-state index in [-0.39, 0.29) is 5.91 Å². The van der Waals surface area contributed by atoms with Crippen molar-refractivity contribution in [1.82, 2.24) is 5.32 Å². The maximum absolute atomic E-state index is 12.5. The van der Waals surface area contributed by atoms with Crippen LogP contribution in [0.25, 0.3) is 0 Å². The van der Waals surface area contributed by atoms with Gasteiger partial charge in [-0.1, -0.05) is 63.9 Å². The van der Waals surface area contributed by atoms with Gasteiger partial charge in [-0.25, -0.2) is 0 Å². The lowest BCUT2D eigenvalue weighted by Crippen LogP contribution is -2.34. The molecule has 128 valence electrons. The van der Waals surface area contributed by atoms with Crippen molar-refractivity contribution in [2.45, 2.75) is 76.7 Å². The highest BCUT2D eigenvalue weighted by molar-refractivity contribution is 5.94. The molecule has 0 spiro atoms. The third-order valence-corrected chi connectivity index (χ3v) is 4.77. The van der Waals surface area contributed by atoms with Crippen molar-refractivity contribution in [1.29, 1.82) is 0 Å². The standard InChI is InChI=1S/C20H31NO2/c1-23-19-15-11-12-17(16-19)20(22)21-18-13-9-7-5-3-2-4-6-8-10-14-18/h11-12,15-16,18H,2-10,13-14H2,1H3,(H,21,22). The highest BCUT2D eigenvalue weighted by Crippen LogP contribution is 2.18. The number of hydrogen-bond acceptors (Lipinski definition) is 2. The van der Waals surface area contributed by atoms with E-state index in [4.69, 9.17) is 4.74 Å². The lowest BCUT2D eigenvalue weighted by Gasteiger charge is -2.19. The fourth-order valence-electron chi connectivity index (χ4n) is 3.34. The van der Waals surface area contributed by atoms with Gasteiger partial charge in [-0.2, -0.15) is 0 Å². The highest BCUT2D eigenvalue weighted by Gasteiger charge is 2.14. The number of carbonyl (C=O) groups is 1. The van der Waals surface area contributed by atoms with E-state index >= 15 is 0 Å². The SMILES string of the molecule is COc1cccc(C(=O)NC2CCCCCCCCCCC2)c1. The van der Waals surface area contributed by atoms with Crippen LogP contribution >= 0.6 is 0 Å². The maximum Gasteiger partial charge on any atom is 0.251 e. The van der Waals surface area contributed by atoms with E-state index in [1.54, 1.807) is 7.11 Å². The van der Waals surface area contributed by atoms with Crippen molar-refractivity contribution >= 4 is 5.91 Å². The monoisotopic (exact) mass is 317 g/mol. The molecule has 0 radical (unpaired) electrons. The number of hydrogen-bond donors (Lipinski definition) is 1. The molecule has 0 aliphatic heterocycles. The van der Waals surface area contributed by atoms with Crippen LogP contribution in [0.15, 0.2) is 24.3 Å². The summed E-state index contributed by atoms with van der Waals surface area (Å²) in [4.78, 5) is 12.5. The zero-order valence-electron chi connectivity index (χ0n) is 14.5. The first-order valence-corrected chi connectivity index (χ1v) is 9.24. The average molecular weight is 317 g/mol. The van der Waals surface area contributed by atoms with Gasteiger partial charge < -0.3 is 10.1 Å². The fourth-order valence-corrected chi connectivity index (χ4v) is 3.34. The van der Waals surface area contributed by atoms with Crippen molar-refractivity contribution in [3.8, 4) is 5.75 Å². The zero-order chi connectivity index (χ0) is 16.3. The quantitative estimate of drug-likeness (QED) is 0.842. The summed E-state index contributed by atoms with van der Waals surface area (Å²) in [5, 5.41) is 3.24. The van der Waals surface area contributed by atoms with Gasteiger partial charge >= 0.3 is 0 Å². The first-order chi connectivity index (χ1) is 11.3. The van der Waals surface area contributed by atoms with Crippen LogP contribution in [0.1, 0.15) is 81.0 Å². The second-order valence-corrected chi connectivity index (χ2v) is 6.66. The molecular weight excluding hydrogens is 286 g/mol. The fraction of sp³-hybridized carbons (Fsp3) is 0.650. The van der Waals surface area contributed by atoms with Crippen molar-refractivity contribution in [3.05, 3.63) is 29.8 Å². The minimum Gasteiger partial charge on any atom is -0.497 e. The van der Waals surface area contributed by atoms with Crippen molar-refractivity contribution < 1.29 is 9.53 Å². The number of ether oxygens (including phenoxy) is 1. The molecule has 1 aliphatic rings. The molecule has 0 saturated heterocycles. The van der Waals surface area contributed by atoms with Crippen LogP contribution < -0.4 is 10.1 Å². The van der Waals surface area contributed by atoms with E-state index in [2.05, 4.69) is 5.32 Å². The molecule has 0 unspecified atom stereocenters. The van der Waals surface area contributed by atoms with Gasteiger partial charge in [0.1, 0.15) is 5.75 Å². The molecule has 23 heavy (non-hydrogen) atoms.